The number of rotatable bonds is 5. The maximum Gasteiger partial charge on any atom is 0.138 e. The lowest BCUT2D eigenvalue weighted by Crippen LogP contribution is -2.32. The smallest absolute Gasteiger partial charge is 0.138 e. The van der Waals surface area contributed by atoms with Crippen LogP contribution in [-0.4, -0.2) is 27.4 Å². The lowest BCUT2D eigenvalue weighted by molar-refractivity contribution is 0.427. The summed E-state index contributed by atoms with van der Waals surface area (Å²) in [5.41, 5.74) is 0. The van der Waals surface area contributed by atoms with Crippen molar-refractivity contribution in [2.75, 3.05) is 6.54 Å². The Morgan fingerprint density at radius 2 is 2.14 bits per heavy atom. The molecule has 0 spiro atoms. The van der Waals surface area contributed by atoms with Crippen molar-refractivity contribution in [3.05, 3.63) is 12.2 Å². The number of nitrogens with zero attached hydrogens (tertiary/aromatic N) is 3. The van der Waals surface area contributed by atoms with E-state index in [-0.39, 0.29) is 0 Å². The molecule has 1 atom stereocenters. The van der Waals surface area contributed by atoms with Crippen LogP contribution in [0.4, 0.5) is 0 Å². The Labute approximate surface area is 85.7 Å². The first-order chi connectivity index (χ1) is 6.61. The van der Waals surface area contributed by atoms with Gasteiger partial charge in [0.25, 0.3) is 0 Å². The van der Waals surface area contributed by atoms with Crippen LogP contribution in [0, 0.1) is 5.92 Å². The van der Waals surface area contributed by atoms with E-state index in [1.54, 1.807) is 6.33 Å². The second-order valence-electron chi connectivity index (χ2n) is 4.04. The number of nitrogens with one attached hydrogen (secondary N) is 1. The summed E-state index contributed by atoms with van der Waals surface area (Å²) >= 11 is 0. The zero-order valence-electron chi connectivity index (χ0n) is 9.49. The maximum absolute atomic E-state index is 4.17. The molecule has 0 aliphatic rings. The van der Waals surface area contributed by atoms with E-state index in [9.17, 15) is 0 Å². The summed E-state index contributed by atoms with van der Waals surface area (Å²) in [6.07, 6.45) is 2.54. The highest BCUT2D eigenvalue weighted by Gasteiger charge is 2.06. The van der Waals surface area contributed by atoms with Crippen molar-refractivity contribution >= 4 is 0 Å². The van der Waals surface area contributed by atoms with Crippen LogP contribution in [-0.2, 0) is 13.5 Å². The summed E-state index contributed by atoms with van der Waals surface area (Å²) in [6.45, 7) is 7.62. The highest BCUT2D eigenvalue weighted by atomic mass is 15.3. The first kappa shape index (κ1) is 11.2. The Morgan fingerprint density at radius 3 is 2.64 bits per heavy atom. The third-order valence-corrected chi connectivity index (χ3v) is 2.62. The second kappa shape index (κ2) is 5.10. The summed E-state index contributed by atoms with van der Waals surface area (Å²) < 4.78 is 1.82. The summed E-state index contributed by atoms with van der Waals surface area (Å²) in [5, 5.41) is 7.49. The predicted octanol–water partition coefficient (Wildman–Crippen LogP) is 0.992. The van der Waals surface area contributed by atoms with Gasteiger partial charge >= 0.3 is 0 Å². The van der Waals surface area contributed by atoms with Crippen molar-refractivity contribution in [1.29, 1.82) is 0 Å². The minimum atomic E-state index is 0.559. The molecular weight excluding hydrogens is 176 g/mol. The Hall–Kier alpha value is -0.900. The zero-order chi connectivity index (χ0) is 10.6. The topological polar surface area (TPSA) is 42.7 Å². The van der Waals surface area contributed by atoms with Crippen LogP contribution in [0.2, 0.25) is 0 Å². The van der Waals surface area contributed by atoms with E-state index in [4.69, 9.17) is 0 Å². The third-order valence-electron chi connectivity index (χ3n) is 2.62. The molecule has 0 saturated heterocycles. The molecule has 4 heteroatoms. The van der Waals surface area contributed by atoms with Gasteiger partial charge < -0.3 is 5.32 Å². The fourth-order valence-corrected chi connectivity index (χ4v) is 1.19. The van der Waals surface area contributed by atoms with Crippen molar-refractivity contribution in [3.8, 4) is 0 Å². The number of hydrogen-bond donors (Lipinski definition) is 1. The summed E-state index contributed by atoms with van der Waals surface area (Å²) in [4.78, 5) is 4.17. The average molecular weight is 196 g/mol. The van der Waals surface area contributed by atoms with Gasteiger partial charge in [0.1, 0.15) is 12.2 Å². The molecule has 1 aromatic rings. The van der Waals surface area contributed by atoms with E-state index in [1.165, 1.54) is 0 Å². The first-order valence-corrected chi connectivity index (χ1v) is 5.17. The molecule has 0 amide bonds. The van der Waals surface area contributed by atoms with Crippen LogP contribution in [0.3, 0.4) is 0 Å². The van der Waals surface area contributed by atoms with Crippen LogP contribution in [0.15, 0.2) is 6.33 Å². The molecule has 0 aliphatic heterocycles. The molecule has 1 unspecified atom stereocenters. The van der Waals surface area contributed by atoms with Crippen LogP contribution >= 0.6 is 0 Å². The SMILES string of the molecule is CC(C)C(C)NCCc1ncnn1C. The lowest BCUT2D eigenvalue weighted by atomic mass is 10.1. The molecule has 4 nitrogen and oxygen atoms in total. The van der Waals surface area contributed by atoms with Crippen LogP contribution < -0.4 is 5.32 Å². The molecule has 0 saturated carbocycles. The van der Waals surface area contributed by atoms with E-state index in [1.807, 2.05) is 11.7 Å². The van der Waals surface area contributed by atoms with E-state index < -0.39 is 0 Å². The minimum Gasteiger partial charge on any atom is -0.314 e. The molecule has 0 aromatic carbocycles. The van der Waals surface area contributed by atoms with Crippen molar-refractivity contribution < 1.29 is 0 Å². The molecule has 14 heavy (non-hydrogen) atoms. The molecule has 0 aliphatic carbocycles. The minimum absolute atomic E-state index is 0.559. The van der Waals surface area contributed by atoms with E-state index in [0.717, 1.165) is 18.8 Å². The van der Waals surface area contributed by atoms with Crippen LogP contribution in [0.25, 0.3) is 0 Å². The molecule has 1 aromatic heterocycles. The van der Waals surface area contributed by atoms with Crippen molar-refractivity contribution in [3.63, 3.8) is 0 Å². The largest absolute Gasteiger partial charge is 0.314 e. The first-order valence-electron chi connectivity index (χ1n) is 5.17. The fourth-order valence-electron chi connectivity index (χ4n) is 1.19. The molecule has 0 radical (unpaired) electrons. The zero-order valence-corrected chi connectivity index (χ0v) is 9.49. The number of hydrogen-bond acceptors (Lipinski definition) is 3. The van der Waals surface area contributed by atoms with Crippen LogP contribution in [0.5, 0.6) is 0 Å². The Morgan fingerprint density at radius 1 is 1.43 bits per heavy atom. The molecule has 1 heterocycles. The summed E-state index contributed by atoms with van der Waals surface area (Å²) in [7, 11) is 1.92. The van der Waals surface area contributed by atoms with Crippen molar-refractivity contribution in [2.24, 2.45) is 13.0 Å². The van der Waals surface area contributed by atoms with E-state index in [0.29, 0.717) is 12.0 Å². The van der Waals surface area contributed by atoms with Gasteiger partial charge in [0.15, 0.2) is 0 Å². The molecule has 0 bridgehead atoms. The van der Waals surface area contributed by atoms with Gasteiger partial charge in [-0.15, -0.1) is 0 Å². The van der Waals surface area contributed by atoms with Gasteiger partial charge in [0, 0.05) is 26.1 Å². The molecule has 80 valence electrons. The fraction of sp³-hybridized carbons (Fsp3) is 0.800. The Balaban J connectivity index is 2.25. The van der Waals surface area contributed by atoms with Gasteiger partial charge in [-0.05, 0) is 12.8 Å². The van der Waals surface area contributed by atoms with Crippen molar-refractivity contribution in [2.45, 2.75) is 33.2 Å². The van der Waals surface area contributed by atoms with Crippen molar-refractivity contribution in [1.82, 2.24) is 20.1 Å². The predicted molar refractivity (Wildman–Crippen MR) is 57.0 cm³/mol. The Bertz CT molecular complexity index is 267. The van der Waals surface area contributed by atoms with Gasteiger partial charge in [0.2, 0.25) is 0 Å². The van der Waals surface area contributed by atoms with Gasteiger partial charge in [-0.3, -0.25) is 4.68 Å². The molecule has 1 rings (SSSR count). The van der Waals surface area contributed by atoms with E-state index >= 15 is 0 Å². The number of aromatic nitrogens is 3. The maximum atomic E-state index is 4.17. The average Bonchev–Trinajstić information content (AvgIpc) is 2.51. The quantitative estimate of drug-likeness (QED) is 0.763. The van der Waals surface area contributed by atoms with Gasteiger partial charge in [-0.1, -0.05) is 13.8 Å². The highest BCUT2D eigenvalue weighted by molar-refractivity contribution is 4.84. The van der Waals surface area contributed by atoms with Gasteiger partial charge in [-0.25, -0.2) is 4.98 Å². The van der Waals surface area contributed by atoms with E-state index in [2.05, 4.69) is 36.2 Å². The normalized spacial score (nSPS) is 13.5. The molecule has 1 N–H and O–H groups in total. The van der Waals surface area contributed by atoms with Gasteiger partial charge in [-0.2, -0.15) is 5.10 Å². The monoisotopic (exact) mass is 196 g/mol. The molecule has 0 fully saturated rings. The lowest BCUT2D eigenvalue weighted by Gasteiger charge is -2.16. The third kappa shape index (κ3) is 3.10. The molecular formula is C10H20N4. The summed E-state index contributed by atoms with van der Waals surface area (Å²) in [5.74, 6) is 1.71. The summed E-state index contributed by atoms with van der Waals surface area (Å²) in [6, 6.07) is 0.559. The highest BCUT2D eigenvalue weighted by Crippen LogP contribution is 1.99. The standard InChI is InChI=1S/C10H20N4/c1-8(2)9(3)11-6-5-10-12-7-13-14(10)4/h7-9,11H,5-6H2,1-4H3. The Kier molecular flexibility index (Phi) is 4.07. The number of aryl methyl sites for hydroxylation is 1. The van der Waals surface area contributed by atoms with Gasteiger partial charge in [0.05, 0.1) is 0 Å². The second-order valence-corrected chi connectivity index (χ2v) is 4.04. The van der Waals surface area contributed by atoms with Crippen LogP contribution in [0.1, 0.15) is 26.6 Å².